The van der Waals surface area contributed by atoms with Gasteiger partial charge in [0.05, 0.1) is 22.9 Å². The van der Waals surface area contributed by atoms with Crippen LogP contribution in [-0.2, 0) is 0 Å². The summed E-state index contributed by atoms with van der Waals surface area (Å²) in [6.45, 7) is 0. The van der Waals surface area contributed by atoms with Gasteiger partial charge in [-0.2, -0.15) is 0 Å². The zero-order chi connectivity index (χ0) is 13.4. The summed E-state index contributed by atoms with van der Waals surface area (Å²) >= 11 is 11.3. The summed E-state index contributed by atoms with van der Waals surface area (Å²) in [5.41, 5.74) is 0.759. The SMILES string of the molecule is COc1cc(Br)c2c(Cl)nc(-c3cccs3)nc2c1. The van der Waals surface area contributed by atoms with Crippen LogP contribution in [0, 0.1) is 0 Å². The summed E-state index contributed by atoms with van der Waals surface area (Å²) in [6, 6.07) is 7.63. The molecule has 0 amide bonds. The van der Waals surface area contributed by atoms with E-state index in [-0.39, 0.29) is 0 Å². The van der Waals surface area contributed by atoms with Gasteiger partial charge in [0.25, 0.3) is 0 Å². The lowest BCUT2D eigenvalue weighted by Crippen LogP contribution is -1.92. The van der Waals surface area contributed by atoms with Gasteiger partial charge in [0.1, 0.15) is 10.9 Å². The highest BCUT2D eigenvalue weighted by Crippen LogP contribution is 2.34. The standard InChI is InChI=1S/C13H8BrClN2OS/c1-18-7-5-8(14)11-9(6-7)16-13(17-12(11)15)10-3-2-4-19-10/h2-6H,1H3. The predicted octanol–water partition coefficient (Wildman–Crippen LogP) is 4.78. The Kier molecular flexibility index (Phi) is 3.43. The molecule has 0 unspecified atom stereocenters. The molecule has 2 aromatic heterocycles. The summed E-state index contributed by atoms with van der Waals surface area (Å²) in [5, 5.41) is 3.21. The molecule has 0 radical (unpaired) electrons. The lowest BCUT2D eigenvalue weighted by atomic mass is 10.2. The second kappa shape index (κ2) is 5.07. The molecule has 1 aromatic carbocycles. The molecule has 0 saturated carbocycles. The van der Waals surface area contributed by atoms with Crippen LogP contribution in [0.15, 0.2) is 34.1 Å². The van der Waals surface area contributed by atoms with Crippen LogP contribution in [-0.4, -0.2) is 17.1 Å². The zero-order valence-electron chi connectivity index (χ0n) is 9.85. The highest BCUT2D eigenvalue weighted by atomic mass is 79.9. The van der Waals surface area contributed by atoms with E-state index >= 15 is 0 Å². The molecule has 0 N–H and O–H groups in total. The van der Waals surface area contributed by atoms with E-state index in [2.05, 4.69) is 25.9 Å². The third-order valence-corrected chi connectivity index (χ3v) is 4.42. The third kappa shape index (κ3) is 2.33. The van der Waals surface area contributed by atoms with Crippen LogP contribution in [0.4, 0.5) is 0 Å². The Bertz CT molecular complexity index is 746. The Morgan fingerprint density at radius 1 is 1.32 bits per heavy atom. The van der Waals surface area contributed by atoms with E-state index < -0.39 is 0 Å². The van der Waals surface area contributed by atoms with Gasteiger partial charge in [-0.15, -0.1) is 11.3 Å². The van der Waals surface area contributed by atoms with E-state index in [0.29, 0.717) is 11.0 Å². The van der Waals surface area contributed by atoms with Crippen molar-refractivity contribution in [2.45, 2.75) is 0 Å². The van der Waals surface area contributed by atoms with Crippen molar-refractivity contribution in [3.05, 3.63) is 39.3 Å². The molecule has 0 aliphatic carbocycles. The van der Waals surface area contributed by atoms with Crippen molar-refractivity contribution < 1.29 is 4.74 Å². The van der Waals surface area contributed by atoms with Gasteiger partial charge in [-0.1, -0.05) is 17.7 Å². The van der Waals surface area contributed by atoms with Crippen molar-refractivity contribution in [1.29, 1.82) is 0 Å². The van der Waals surface area contributed by atoms with Gasteiger partial charge in [-0.05, 0) is 33.4 Å². The number of thiophene rings is 1. The lowest BCUT2D eigenvalue weighted by Gasteiger charge is -2.07. The normalized spacial score (nSPS) is 10.9. The number of nitrogens with zero attached hydrogens (tertiary/aromatic N) is 2. The molecule has 0 atom stereocenters. The van der Waals surface area contributed by atoms with Crippen molar-refractivity contribution >= 4 is 49.8 Å². The van der Waals surface area contributed by atoms with E-state index in [9.17, 15) is 0 Å². The number of methoxy groups -OCH3 is 1. The molecule has 6 heteroatoms. The molecule has 96 valence electrons. The number of ether oxygens (including phenoxy) is 1. The molecule has 0 fully saturated rings. The Hall–Kier alpha value is -1.17. The second-order valence-electron chi connectivity index (χ2n) is 3.82. The van der Waals surface area contributed by atoms with Crippen LogP contribution in [0.25, 0.3) is 21.6 Å². The average molecular weight is 356 g/mol. The molecular weight excluding hydrogens is 348 g/mol. The predicted molar refractivity (Wildman–Crippen MR) is 82.1 cm³/mol. The maximum atomic E-state index is 6.26. The number of aromatic nitrogens is 2. The number of halogens is 2. The lowest BCUT2D eigenvalue weighted by molar-refractivity contribution is 0.415. The molecule has 3 rings (SSSR count). The van der Waals surface area contributed by atoms with E-state index in [1.807, 2.05) is 29.6 Å². The first-order valence-electron chi connectivity index (χ1n) is 5.43. The minimum absolute atomic E-state index is 0.433. The highest BCUT2D eigenvalue weighted by molar-refractivity contribution is 9.10. The van der Waals surface area contributed by atoms with Crippen molar-refractivity contribution in [1.82, 2.24) is 9.97 Å². The van der Waals surface area contributed by atoms with Gasteiger partial charge in [0.2, 0.25) is 0 Å². The molecule has 19 heavy (non-hydrogen) atoms. The second-order valence-corrected chi connectivity index (χ2v) is 5.98. The largest absolute Gasteiger partial charge is 0.497 e. The van der Waals surface area contributed by atoms with E-state index in [4.69, 9.17) is 16.3 Å². The maximum Gasteiger partial charge on any atom is 0.171 e. The molecule has 0 aliphatic heterocycles. The van der Waals surface area contributed by atoms with E-state index in [0.717, 1.165) is 26.0 Å². The topological polar surface area (TPSA) is 35.0 Å². The van der Waals surface area contributed by atoms with Crippen LogP contribution in [0.3, 0.4) is 0 Å². The molecular formula is C13H8BrClN2OS. The summed E-state index contributed by atoms with van der Waals surface area (Å²) in [7, 11) is 1.62. The van der Waals surface area contributed by atoms with Gasteiger partial charge in [0, 0.05) is 10.5 Å². The fourth-order valence-electron chi connectivity index (χ4n) is 1.78. The molecule has 3 nitrogen and oxygen atoms in total. The van der Waals surface area contributed by atoms with Crippen molar-refractivity contribution in [2.75, 3.05) is 7.11 Å². The Morgan fingerprint density at radius 3 is 2.84 bits per heavy atom. The fourth-order valence-corrected chi connectivity index (χ4v) is 3.45. The average Bonchev–Trinajstić information content (AvgIpc) is 2.91. The number of benzene rings is 1. The van der Waals surface area contributed by atoms with Gasteiger partial charge >= 0.3 is 0 Å². The number of rotatable bonds is 2. The molecule has 0 saturated heterocycles. The van der Waals surface area contributed by atoms with Crippen LogP contribution >= 0.6 is 38.9 Å². The first kappa shape index (κ1) is 12.8. The van der Waals surface area contributed by atoms with Crippen molar-refractivity contribution in [3.63, 3.8) is 0 Å². The van der Waals surface area contributed by atoms with Crippen molar-refractivity contribution in [2.24, 2.45) is 0 Å². The summed E-state index contributed by atoms with van der Waals surface area (Å²) in [6.07, 6.45) is 0. The van der Waals surface area contributed by atoms with E-state index in [1.54, 1.807) is 18.4 Å². The van der Waals surface area contributed by atoms with Crippen LogP contribution < -0.4 is 4.74 Å². The monoisotopic (exact) mass is 354 g/mol. The third-order valence-electron chi connectivity index (χ3n) is 2.66. The first-order chi connectivity index (χ1) is 9.19. The molecule has 3 aromatic rings. The quantitative estimate of drug-likeness (QED) is 0.620. The molecule has 0 spiro atoms. The molecule has 0 bridgehead atoms. The van der Waals surface area contributed by atoms with Gasteiger partial charge in [0.15, 0.2) is 5.82 Å². The van der Waals surface area contributed by atoms with Crippen LogP contribution in [0.2, 0.25) is 5.15 Å². The van der Waals surface area contributed by atoms with Gasteiger partial charge < -0.3 is 4.74 Å². The van der Waals surface area contributed by atoms with E-state index in [1.165, 1.54) is 0 Å². The number of hydrogen-bond donors (Lipinski definition) is 0. The van der Waals surface area contributed by atoms with Gasteiger partial charge in [-0.3, -0.25) is 0 Å². The molecule has 0 aliphatic rings. The van der Waals surface area contributed by atoms with Crippen LogP contribution in [0.1, 0.15) is 0 Å². The Morgan fingerprint density at radius 2 is 2.16 bits per heavy atom. The number of fused-ring (bicyclic) bond motifs is 1. The van der Waals surface area contributed by atoms with Crippen molar-refractivity contribution in [3.8, 4) is 16.5 Å². The summed E-state index contributed by atoms with van der Waals surface area (Å²) < 4.78 is 6.07. The first-order valence-corrected chi connectivity index (χ1v) is 7.49. The molecule has 2 heterocycles. The smallest absolute Gasteiger partial charge is 0.171 e. The summed E-state index contributed by atoms with van der Waals surface area (Å²) in [4.78, 5) is 9.90. The minimum atomic E-state index is 0.433. The Balaban J connectivity index is 2.30. The number of hydrogen-bond acceptors (Lipinski definition) is 4. The highest BCUT2D eigenvalue weighted by Gasteiger charge is 2.12. The van der Waals surface area contributed by atoms with Gasteiger partial charge in [-0.25, -0.2) is 9.97 Å². The Labute approximate surface area is 127 Å². The fraction of sp³-hybridized carbons (Fsp3) is 0.0769. The zero-order valence-corrected chi connectivity index (χ0v) is 13.0. The van der Waals surface area contributed by atoms with Crippen LogP contribution in [0.5, 0.6) is 5.75 Å². The summed E-state index contributed by atoms with van der Waals surface area (Å²) in [5.74, 6) is 1.36. The maximum absolute atomic E-state index is 6.26. The minimum Gasteiger partial charge on any atom is -0.497 e.